The van der Waals surface area contributed by atoms with Crippen molar-refractivity contribution in [1.82, 2.24) is 4.90 Å². The molecule has 1 saturated heterocycles. The van der Waals surface area contributed by atoms with Crippen molar-refractivity contribution in [1.29, 1.82) is 0 Å². The quantitative estimate of drug-likeness (QED) is 0.659. The number of aliphatic carboxylic acids is 1. The summed E-state index contributed by atoms with van der Waals surface area (Å²) >= 11 is 0. The molecule has 4 nitrogen and oxygen atoms in total. The van der Waals surface area contributed by atoms with Crippen LogP contribution in [0.25, 0.3) is 0 Å². The molecule has 0 aromatic heterocycles. The molecule has 1 aliphatic rings. The van der Waals surface area contributed by atoms with E-state index in [9.17, 15) is 9.59 Å². The number of likely N-dealkylation sites (tertiary alicyclic amines) is 1. The summed E-state index contributed by atoms with van der Waals surface area (Å²) in [5.41, 5.74) is -0.392. The summed E-state index contributed by atoms with van der Waals surface area (Å²) in [5, 5.41) is 8.87. The summed E-state index contributed by atoms with van der Waals surface area (Å²) < 4.78 is 0. The van der Waals surface area contributed by atoms with Gasteiger partial charge in [0.25, 0.3) is 0 Å². The van der Waals surface area contributed by atoms with Gasteiger partial charge in [0.2, 0.25) is 5.91 Å². The van der Waals surface area contributed by atoms with Crippen molar-refractivity contribution >= 4 is 11.9 Å². The highest BCUT2D eigenvalue weighted by Gasteiger charge is 2.41. The first-order valence-electron chi connectivity index (χ1n) is 4.39. The second kappa shape index (κ2) is 3.01. The first-order valence-corrected chi connectivity index (χ1v) is 4.39. The van der Waals surface area contributed by atoms with Crippen LogP contribution in [-0.4, -0.2) is 33.5 Å². The van der Waals surface area contributed by atoms with Crippen molar-refractivity contribution in [3.63, 3.8) is 0 Å². The normalized spacial score (nSPS) is 23.8. The van der Waals surface area contributed by atoms with Gasteiger partial charge in [-0.2, -0.15) is 0 Å². The van der Waals surface area contributed by atoms with Crippen molar-refractivity contribution < 1.29 is 14.7 Å². The van der Waals surface area contributed by atoms with Crippen molar-refractivity contribution in [2.45, 2.75) is 45.2 Å². The second-order valence-corrected chi connectivity index (χ2v) is 4.33. The fourth-order valence-electron chi connectivity index (χ4n) is 1.76. The summed E-state index contributed by atoms with van der Waals surface area (Å²) in [7, 11) is 0. The Kier molecular flexibility index (Phi) is 2.32. The molecule has 0 aliphatic carbocycles. The van der Waals surface area contributed by atoms with E-state index in [1.807, 2.05) is 20.8 Å². The van der Waals surface area contributed by atoms with Crippen molar-refractivity contribution in [2.24, 2.45) is 0 Å². The summed E-state index contributed by atoms with van der Waals surface area (Å²) in [6.07, 6.45) is 0.791. The largest absolute Gasteiger partial charge is 0.480 e. The molecule has 13 heavy (non-hydrogen) atoms. The molecule has 1 amide bonds. The molecule has 0 spiro atoms. The Labute approximate surface area is 77.5 Å². The van der Waals surface area contributed by atoms with E-state index in [-0.39, 0.29) is 5.91 Å². The van der Waals surface area contributed by atoms with Gasteiger partial charge in [0.1, 0.15) is 6.04 Å². The molecule has 0 aromatic rings. The molecule has 1 heterocycles. The molecular weight excluding hydrogens is 170 g/mol. The van der Waals surface area contributed by atoms with Crippen LogP contribution in [0.3, 0.4) is 0 Å². The Hall–Kier alpha value is -1.06. The van der Waals surface area contributed by atoms with Gasteiger partial charge >= 0.3 is 5.97 Å². The average molecular weight is 185 g/mol. The van der Waals surface area contributed by atoms with Gasteiger partial charge in [-0.1, -0.05) is 0 Å². The van der Waals surface area contributed by atoms with E-state index in [1.54, 1.807) is 0 Å². The number of amides is 1. The minimum absolute atomic E-state index is 0.0556. The van der Waals surface area contributed by atoms with Gasteiger partial charge in [-0.05, 0) is 27.2 Å². The standard InChI is InChI=1S/C9H15NO3/c1-9(2,3)10-6(8(12)13)4-5-7(10)11/h6H,4-5H2,1-3H3,(H,12,13)/t6-/m0/s1. The second-order valence-electron chi connectivity index (χ2n) is 4.33. The number of hydrogen-bond acceptors (Lipinski definition) is 2. The number of carboxylic acids is 1. The van der Waals surface area contributed by atoms with Gasteiger partial charge < -0.3 is 10.0 Å². The lowest BCUT2D eigenvalue weighted by Crippen LogP contribution is -2.49. The highest BCUT2D eigenvalue weighted by atomic mass is 16.4. The molecule has 0 unspecified atom stereocenters. The average Bonchev–Trinajstić information content (AvgIpc) is 2.28. The Morgan fingerprint density at radius 1 is 1.54 bits per heavy atom. The van der Waals surface area contributed by atoms with E-state index < -0.39 is 17.6 Å². The third-order valence-electron chi connectivity index (χ3n) is 2.22. The summed E-state index contributed by atoms with van der Waals surface area (Å²) in [6, 6.07) is -0.632. The molecule has 0 saturated carbocycles. The number of carbonyl (C=O) groups excluding carboxylic acids is 1. The monoisotopic (exact) mass is 185 g/mol. The van der Waals surface area contributed by atoms with E-state index >= 15 is 0 Å². The minimum atomic E-state index is -0.902. The van der Waals surface area contributed by atoms with Crippen LogP contribution in [0.2, 0.25) is 0 Å². The first kappa shape index (κ1) is 10.0. The molecule has 74 valence electrons. The number of rotatable bonds is 1. The highest BCUT2D eigenvalue weighted by molar-refractivity contribution is 5.87. The Bertz CT molecular complexity index is 242. The Morgan fingerprint density at radius 2 is 2.08 bits per heavy atom. The van der Waals surface area contributed by atoms with Crippen LogP contribution in [0.15, 0.2) is 0 Å². The maximum absolute atomic E-state index is 11.4. The maximum atomic E-state index is 11.4. The molecule has 0 radical (unpaired) electrons. The van der Waals surface area contributed by atoms with Crippen LogP contribution in [0, 0.1) is 0 Å². The minimum Gasteiger partial charge on any atom is -0.480 e. The fraction of sp³-hybridized carbons (Fsp3) is 0.778. The van der Waals surface area contributed by atoms with Gasteiger partial charge in [-0.25, -0.2) is 4.79 Å². The first-order chi connectivity index (χ1) is 5.84. The van der Waals surface area contributed by atoms with Crippen LogP contribution < -0.4 is 0 Å². The molecule has 1 aliphatic heterocycles. The predicted octanol–water partition coefficient (Wildman–Crippen LogP) is 0.861. The van der Waals surface area contributed by atoms with Crippen molar-refractivity contribution in [2.75, 3.05) is 0 Å². The smallest absolute Gasteiger partial charge is 0.326 e. The van der Waals surface area contributed by atoms with Crippen LogP contribution in [0.5, 0.6) is 0 Å². The number of carboxylic acid groups (broad SMARTS) is 1. The molecule has 4 heteroatoms. The predicted molar refractivity (Wildman–Crippen MR) is 47.3 cm³/mol. The van der Waals surface area contributed by atoms with Crippen molar-refractivity contribution in [3.8, 4) is 0 Å². The highest BCUT2D eigenvalue weighted by Crippen LogP contribution is 2.27. The molecule has 1 fully saturated rings. The Balaban J connectivity index is 2.90. The molecule has 1 rings (SSSR count). The van der Waals surface area contributed by atoms with Crippen LogP contribution >= 0.6 is 0 Å². The van der Waals surface area contributed by atoms with E-state index in [4.69, 9.17) is 5.11 Å². The zero-order valence-corrected chi connectivity index (χ0v) is 8.20. The van der Waals surface area contributed by atoms with Gasteiger partial charge in [0, 0.05) is 12.0 Å². The molecule has 0 bridgehead atoms. The SMILES string of the molecule is CC(C)(C)N1C(=O)CC[C@H]1C(=O)O. The van der Waals surface area contributed by atoms with Gasteiger partial charge in [-0.3, -0.25) is 4.79 Å². The lowest BCUT2D eigenvalue weighted by molar-refractivity contribution is -0.149. The van der Waals surface area contributed by atoms with Crippen LogP contribution in [-0.2, 0) is 9.59 Å². The van der Waals surface area contributed by atoms with Gasteiger partial charge in [0.05, 0.1) is 0 Å². The third-order valence-corrected chi connectivity index (χ3v) is 2.22. The number of nitrogens with zero attached hydrogens (tertiary/aromatic N) is 1. The number of carbonyl (C=O) groups is 2. The molecular formula is C9H15NO3. The summed E-state index contributed by atoms with van der Waals surface area (Å²) in [4.78, 5) is 23.7. The molecule has 1 atom stereocenters. The summed E-state index contributed by atoms with van der Waals surface area (Å²) in [5.74, 6) is -0.958. The Morgan fingerprint density at radius 3 is 2.38 bits per heavy atom. The number of hydrogen-bond donors (Lipinski definition) is 1. The van der Waals surface area contributed by atoms with Gasteiger partial charge in [0.15, 0.2) is 0 Å². The van der Waals surface area contributed by atoms with E-state index in [0.29, 0.717) is 12.8 Å². The van der Waals surface area contributed by atoms with Gasteiger partial charge in [-0.15, -0.1) is 0 Å². The topological polar surface area (TPSA) is 57.6 Å². The molecule has 1 N–H and O–H groups in total. The molecule has 0 aromatic carbocycles. The zero-order valence-electron chi connectivity index (χ0n) is 8.20. The third kappa shape index (κ3) is 1.82. The lowest BCUT2D eigenvalue weighted by atomic mass is 10.0. The summed E-state index contributed by atoms with van der Waals surface area (Å²) in [6.45, 7) is 5.56. The van der Waals surface area contributed by atoms with E-state index in [2.05, 4.69) is 0 Å². The van der Waals surface area contributed by atoms with Crippen LogP contribution in [0.1, 0.15) is 33.6 Å². The fourth-order valence-corrected chi connectivity index (χ4v) is 1.76. The van der Waals surface area contributed by atoms with E-state index in [0.717, 1.165) is 0 Å². The maximum Gasteiger partial charge on any atom is 0.326 e. The van der Waals surface area contributed by atoms with E-state index in [1.165, 1.54) is 4.90 Å². The van der Waals surface area contributed by atoms with Crippen LogP contribution in [0.4, 0.5) is 0 Å². The van der Waals surface area contributed by atoms with Crippen molar-refractivity contribution in [3.05, 3.63) is 0 Å². The lowest BCUT2D eigenvalue weighted by Gasteiger charge is -2.35. The zero-order chi connectivity index (χ0) is 10.2.